The number of amides is 5. The highest BCUT2D eigenvalue weighted by Crippen LogP contribution is 2.43. The summed E-state index contributed by atoms with van der Waals surface area (Å²) in [5.41, 5.74) is 10.7. The first-order chi connectivity index (χ1) is 36.8. The van der Waals surface area contributed by atoms with Crippen LogP contribution in [0.4, 0.5) is 10.5 Å². The van der Waals surface area contributed by atoms with E-state index in [1.807, 2.05) is 27.0 Å². The number of hydrazine groups is 1. The lowest BCUT2D eigenvalue weighted by Gasteiger charge is -2.41. The minimum absolute atomic E-state index is 0.139. The molecular weight excluding hydrogens is 979 g/mol. The van der Waals surface area contributed by atoms with E-state index < -0.39 is 41.0 Å². The number of urea groups is 1. The Morgan fingerprint density at radius 3 is 2.48 bits per heavy atom. The summed E-state index contributed by atoms with van der Waals surface area (Å²) in [6, 6.07) is 6.05. The first-order valence-corrected chi connectivity index (χ1v) is 28.0. The molecule has 1 spiro atoms. The van der Waals surface area contributed by atoms with E-state index in [0.29, 0.717) is 77.9 Å². The van der Waals surface area contributed by atoms with Gasteiger partial charge in [0.05, 0.1) is 48.1 Å². The van der Waals surface area contributed by atoms with Crippen LogP contribution in [0.2, 0.25) is 0 Å². The van der Waals surface area contributed by atoms with Crippen LogP contribution in [0.3, 0.4) is 0 Å². The number of esters is 1. The van der Waals surface area contributed by atoms with E-state index >= 15 is 0 Å². The Labute approximate surface area is 454 Å². The third-order valence-corrected chi connectivity index (χ3v) is 17.0. The number of aromatic nitrogens is 2. The number of likely N-dealkylation sites (tertiary alicyclic amines) is 1. The number of anilines is 1. The van der Waals surface area contributed by atoms with Crippen molar-refractivity contribution >= 4 is 51.9 Å². The second kappa shape index (κ2) is 23.2. The van der Waals surface area contributed by atoms with Gasteiger partial charge in [0.25, 0.3) is 5.91 Å². The normalized spacial score (nSPS) is 24.1. The highest BCUT2D eigenvalue weighted by atomic mass is 16.5. The first kappa shape index (κ1) is 55.9. The summed E-state index contributed by atoms with van der Waals surface area (Å²) < 4.78 is 20.8. The quantitative estimate of drug-likeness (QED) is 0.198. The van der Waals surface area contributed by atoms with E-state index in [1.165, 1.54) is 16.0 Å². The van der Waals surface area contributed by atoms with Gasteiger partial charge in [-0.15, -0.1) is 0 Å². The molecule has 8 heterocycles. The lowest BCUT2D eigenvalue weighted by molar-refractivity contribution is -0.155. The number of likely N-dealkylation sites (N-methyl/N-ethyl adjacent to an activating group) is 2. The number of rotatable bonds is 10. The molecule has 6 aliphatic heterocycles. The highest BCUT2D eigenvalue weighted by molar-refractivity contribution is 5.96. The largest absolute Gasteiger partial charge is 0.464 e. The molecule has 0 saturated carbocycles. The van der Waals surface area contributed by atoms with Crippen molar-refractivity contribution in [1.82, 2.24) is 49.8 Å². The summed E-state index contributed by atoms with van der Waals surface area (Å²) in [4.78, 5) is 87.5. The molecule has 4 saturated heterocycles. The second-order valence-corrected chi connectivity index (χ2v) is 23.4. The second-order valence-electron chi connectivity index (χ2n) is 23.4. The molecule has 19 heteroatoms. The van der Waals surface area contributed by atoms with Crippen molar-refractivity contribution in [3.05, 3.63) is 66.0 Å². The Bertz CT molecular complexity index is 2740. The molecule has 9 rings (SSSR count). The van der Waals surface area contributed by atoms with Crippen LogP contribution in [0, 0.1) is 11.3 Å². The zero-order chi connectivity index (χ0) is 54.9. The van der Waals surface area contributed by atoms with Crippen molar-refractivity contribution < 1.29 is 38.2 Å². The maximum atomic E-state index is 14.9. The molecule has 1 unspecified atom stereocenters. The molecule has 0 aliphatic carbocycles. The van der Waals surface area contributed by atoms with Gasteiger partial charge in [-0.3, -0.25) is 34.1 Å². The van der Waals surface area contributed by atoms with Crippen LogP contribution in [0.5, 0.6) is 0 Å². The summed E-state index contributed by atoms with van der Waals surface area (Å²) in [6.45, 7) is 23.7. The maximum absolute atomic E-state index is 14.9. The SMILES string of the molecule is C=CC(=O)N1COC2(CCN(C(=O)N(C)[C@H](C(=O)N[C@H]3CN4CCC=C(C4)c4ccc5c(c4)c(c(-c4cc(N6CCN(C)CC6)cnc4[C@H](C)OC)n5CC)CC(C)(C)COC(=O)[C@@H]4CCCN(N4)C3=O)C(C)C)CC2)C1. The number of hydrogen-bond acceptors (Lipinski definition) is 13. The molecule has 6 bridgehead atoms. The van der Waals surface area contributed by atoms with E-state index in [4.69, 9.17) is 19.2 Å². The van der Waals surface area contributed by atoms with Crippen LogP contribution in [0.25, 0.3) is 27.7 Å². The summed E-state index contributed by atoms with van der Waals surface area (Å²) in [5.74, 6) is -1.73. The van der Waals surface area contributed by atoms with Gasteiger partial charge < -0.3 is 48.6 Å². The summed E-state index contributed by atoms with van der Waals surface area (Å²) in [5, 5.41) is 5.74. The third kappa shape index (κ3) is 11.8. The van der Waals surface area contributed by atoms with Gasteiger partial charge in [-0.2, -0.15) is 0 Å². The van der Waals surface area contributed by atoms with E-state index in [2.05, 4.69) is 94.7 Å². The molecule has 5 amide bonds. The Kier molecular flexibility index (Phi) is 16.9. The van der Waals surface area contributed by atoms with Gasteiger partial charge in [0.15, 0.2) is 0 Å². The lowest BCUT2D eigenvalue weighted by atomic mass is 9.84. The number of piperidine rings is 1. The van der Waals surface area contributed by atoms with Crippen LogP contribution >= 0.6 is 0 Å². The Balaban J connectivity index is 1.03. The number of carbonyl (C=O) groups is 5. The van der Waals surface area contributed by atoms with Gasteiger partial charge >= 0.3 is 12.0 Å². The summed E-state index contributed by atoms with van der Waals surface area (Å²) in [7, 11) is 5.53. The number of aryl methyl sites for hydroxylation is 1. The molecule has 2 N–H and O–H groups in total. The molecule has 418 valence electrons. The number of benzene rings is 1. The summed E-state index contributed by atoms with van der Waals surface area (Å²) >= 11 is 0. The number of nitrogens with zero attached hydrogens (tertiary/aromatic N) is 9. The highest BCUT2D eigenvalue weighted by Gasteiger charge is 2.46. The van der Waals surface area contributed by atoms with Crippen LogP contribution < -0.4 is 15.6 Å². The topological polar surface area (TPSA) is 178 Å². The predicted octanol–water partition coefficient (Wildman–Crippen LogP) is 5.29. The fraction of sp³-hybridized carbons (Fsp3) is 0.621. The zero-order valence-corrected chi connectivity index (χ0v) is 47.1. The molecule has 77 heavy (non-hydrogen) atoms. The predicted molar refractivity (Wildman–Crippen MR) is 296 cm³/mol. The van der Waals surface area contributed by atoms with Gasteiger partial charge in [0.1, 0.15) is 24.9 Å². The molecule has 0 radical (unpaired) electrons. The molecule has 6 aliphatic rings. The monoisotopic (exact) mass is 1060 g/mol. The molecule has 4 fully saturated rings. The van der Waals surface area contributed by atoms with Crippen LogP contribution in [-0.4, -0.2) is 199 Å². The number of nitrogens with one attached hydrogen (secondary N) is 2. The van der Waals surface area contributed by atoms with Gasteiger partial charge in [-0.25, -0.2) is 10.2 Å². The molecule has 3 aromatic rings. The Morgan fingerprint density at radius 1 is 1.03 bits per heavy atom. The molecule has 2 aromatic heterocycles. The zero-order valence-electron chi connectivity index (χ0n) is 47.1. The number of fused-ring (bicyclic) bond motifs is 6. The van der Waals surface area contributed by atoms with Crippen molar-refractivity contribution in [2.45, 2.75) is 116 Å². The fourth-order valence-corrected chi connectivity index (χ4v) is 12.4. The minimum atomic E-state index is -1.02. The van der Waals surface area contributed by atoms with Gasteiger partial charge in [0, 0.05) is 108 Å². The first-order valence-electron chi connectivity index (χ1n) is 28.0. The Morgan fingerprint density at radius 2 is 1.78 bits per heavy atom. The smallest absolute Gasteiger partial charge is 0.324 e. The number of pyridine rings is 1. The number of methoxy groups -OCH3 is 1. The maximum Gasteiger partial charge on any atom is 0.324 e. The van der Waals surface area contributed by atoms with Gasteiger partial charge in [-0.05, 0) is 106 Å². The van der Waals surface area contributed by atoms with Gasteiger partial charge in [-0.1, -0.05) is 46.4 Å². The summed E-state index contributed by atoms with van der Waals surface area (Å²) in [6.07, 6.45) is 8.74. The van der Waals surface area contributed by atoms with E-state index in [9.17, 15) is 24.0 Å². The van der Waals surface area contributed by atoms with Gasteiger partial charge in [0.2, 0.25) is 11.8 Å². The van der Waals surface area contributed by atoms with Crippen molar-refractivity contribution in [2.24, 2.45) is 11.3 Å². The minimum Gasteiger partial charge on any atom is -0.464 e. The van der Waals surface area contributed by atoms with Crippen LogP contribution in [0.15, 0.2) is 49.2 Å². The van der Waals surface area contributed by atoms with E-state index in [0.717, 1.165) is 82.8 Å². The standard InChI is InChI=1S/C58H83N11O8/c1-11-49(70)67-35-58(77-37-67)19-23-66(24-20-58)56(74)63(9)51(38(3)4)53(71)60-47-34-64-21-13-15-41(33-64)40-17-18-48-43(29-40)45(31-57(6,7)36-76-55(73)46-16-14-22-69(61-46)54(47)72)52(68(48)12-2)44-30-42(32-59-50(44)39(5)75-10)65-27-25-62(8)26-28-65/h11,15,17-18,29-30,32,38-39,46-47,51,61H,1,12-14,16,19-28,31,33-37H2,2-10H3,(H,60,71)/t39-,46-,47-,51-/m0/s1. The van der Waals surface area contributed by atoms with Crippen molar-refractivity contribution in [1.29, 1.82) is 0 Å². The van der Waals surface area contributed by atoms with Crippen LogP contribution in [-0.2, 0) is 46.4 Å². The molecule has 1 aromatic carbocycles. The van der Waals surface area contributed by atoms with Crippen molar-refractivity contribution in [3.8, 4) is 11.3 Å². The number of carbonyl (C=O) groups excluding carboxylic acids is 5. The van der Waals surface area contributed by atoms with E-state index in [1.54, 1.807) is 24.0 Å². The third-order valence-electron chi connectivity index (χ3n) is 17.0. The average molecular weight is 1060 g/mol. The number of ether oxygens (including phenoxy) is 3. The molecule has 19 nitrogen and oxygen atoms in total. The van der Waals surface area contributed by atoms with Crippen molar-refractivity contribution in [3.63, 3.8) is 0 Å². The van der Waals surface area contributed by atoms with E-state index in [-0.39, 0.29) is 49.7 Å². The number of cyclic esters (lactones) is 1. The average Bonchev–Trinajstić information content (AvgIpc) is 4.02. The molecule has 5 atom stereocenters. The van der Waals surface area contributed by atoms with Crippen LogP contribution in [0.1, 0.15) is 96.6 Å². The Hall–Kier alpha value is -5.86. The number of piperazine rings is 1. The van der Waals surface area contributed by atoms with Crippen molar-refractivity contribution in [2.75, 3.05) is 111 Å². The fourth-order valence-electron chi connectivity index (χ4n) is 12.4. The lowest BCUT2D eigenvalue weighted by Crippen LogP contribution is -2.64. The number of hydrogen-bond donors (Lipinski definition) is 2. The molecular formula is C58H83N11O8.